The number of imidazole rings is 1. The van der Waals surface area contributed by atoms with Gasteiger partial charge < -0.3 is 14.6 Å². The second-order valence-corrected chi connectivity index (χ2v) is 7.80. The van der Waals surface area contributed by atoms with Gasteiger partial charge in [0.1, 0.15) is 5.41 Å². The van der Waals surface area contributed by atoms with Crippen LogP contribution < -0.4 is 0 Å². The Morgan fingerprint density at radius 2 is 2.04 bits per heavy atom. The molecule has 0 saturated carbocycles. The molecule has 0 aliphatic carbocycles. The van der Waals surface area contributed by atoms with Crippen LogP contribution in [0.4, 0.5) is 0 Å². The van der Waals surface area contributed by atoms with Crippen molar-refractivity contribution < 1.29 is 14.7 Å². The first-order valence-electron chi connectivity index (χ1n) is 9.17. The van der Waals surface area contributed by atoms with Crippen molar-refractivity contribution >= 4 is 11.9 Å². The van der Waals surface area contributed by atoms with E-state index in [0.29, 0.717) is 25.5 Å². The third-order valence-corrected chi connectivity index (χ3v) is 6.06. The molecule has 0 bridgehead atoms. The summed E-state index contributed by atoms with van der Waals surface area (Å²) in [5, 5.41) is 10.0. The molecule has 1 aromatic heterocycles. The van der Waals surface area contributed by atoms with Crippen molar-refractivity contribution in [2.24, 2.45) is 18.4 Å². The molecule has 0 spiro atoms. The van der Waals surface area contributed by atoms with Crippen LogP contribution >= 0.6 is 0 Å². The minimum Gasteiger partial charge on any atom is -0.481 e. The molecule has 3 heterocycles. The molecule has 2 aliphatic heterocycles. The van der Waals surface area contributed by atoms with Crippen molar-refractivity contribution in [3.63, 3.8) is 0 Å². The summed E-state index contributed by atoms with van der Waals surface area (Å²) in [6.45, 7) is 4.67. The third kappa shape index (κ3) is 2.92. The lowest BCUT2D eigenvalue weighted by Crippen LogP contribution is -2.42. The van der Waals surface area contributed by atoms with Crippen LogP contribution in [0.3, 0.4) is 0 Å². The van der Waals surface area contributed by atoms with E-state index < -0.39 is 11.4 Å². The highest BCUT2D eigenvalue weighted by atomic mass is 16.4. The van der Waals surface area contributed by atoms with Crippen molar-refractivity contribution in [1.29, 1.82) is 0 Å². The molecule has 0 unspecified atom stereocenters. The molecule has 2 saturated heterocycles. The van der Waals surface area contributed by atoms with Gasteiger partial charge in [0.2, 0.25) is 0 Å². The van der Waals surface area contributed by atoms with Crippen molar-refractivity contribution in [1.82, 2.24) is 19.4 Å². The molecule has 2 fully saturated rings. The second kappa shape index (κ2) is 6.49. The van der Waals surface area contributed by atoms with Gasteiger partial charge in [-0.1, -0.05) is 24.3 Å². The van der Waals surface area contributed by atoms with Gasteiger partial charge in [-0.25, -0.2) is 4.98 Å². The molecule has 2 aromatic rings. The van der Waals surface area contributed by atoms with Crippen molar-refractivity contribution in [2.75, 3.05) is 26.2 Å². The SMILES string of the molecule is Cc1ccccc1CN1C[C@@H]2CN(C(=O)c3nccn3C)C[C@]2(C(=O)O)C1. The average Bonchev–Trinajstić information content (AvgIpc) is 3.29. The highest BCUT2D eigenvalue weighted by Gasteiger charge is 2.58. The molecule has 2 atom stereocenters. The number of likely N-dealkylation sites (tertiary alicyclic amines) is 2. The summed E-state index contributed by atoms with van der Waals surface area (Å²) >= 11 is 0. The number of hydrogen-bond acceptors (Lipinski definition) is 4. The minimum atomic E-state index is -0.899. The van der Waals surface area contributed by atoms with Gasteiger partial charge in [0, 0.05) is 58.1 Å². The first kappa shape index (κ1) is 17.7. The molecule has 4 rings (SSSR count). The van der Waals surface area contributed by atoms with Crippen molar-refractivity contribution in [2.45, 2.75) is 13.5 Å². The highest BCUT2D eigenvalue weighted by Crippen LogP contribution is 2.43. The zero-order valence-corrected chi connectivity index (χ0v) is 15.6. The molecule has 27 heavy (non-hydrogen) atoms. The van der Waals surface area contributed by atoms with E-state index in [2.05, 4.69) is 28.9 Å². The average molecular weight is 368 g/mol. The summed E-state index contributed by atoms with van der Waals surface area (Å²) in [5.74, 6) is -0.714. The Labute approximate surface area is 158 Å². The largest absolute Gasteiger partial charge is 0.481 e. The Bertz CT molecular complexity index is 893. The number of aliphatic carboxylic acids is 1. The number of nitrogens with zero attached hydrogens (tertiary/aromatic N) is 4. The fourth-order valence-corrected chi connectivity index (χ4v) is 4.49. The predicted octanol–water partition coefficient (Wildman–Crippen LogP) is 1.39. The number of aromatic nitrogens is 2. The van der Waals surface area contributed by atoms with Crippen LogP contribution in [0.1, 0.15) is 21.7 Å². The first-order valence-corrected chi connectivity index (χ1v) is 9.17. The van der Waals surface area contributed by atoms with E-state index >= 15 is 0 Å². The molecule has 142 valence electrons. The van der Waals surface area contributed by atoms with Crippen LogP contribution in [-0.2, 0) is 18.4 Å². The number of carbonyl (C=O) groups excluding carboxylic acids is 1. The lowest BCUT2D eigenvalue weighted by atomic mass is 9.81. The second-order valence-electron chi connectivity index (χ2n) is 7.80. The molecule has 2 aliphatic rings. The standard InChI is InChI=1S/C20H24N4O3/c1-14-5-3-4-6-15(14)9-23-10-16-11-24(13-20(16,12-23)19(26)27)18(25)17-21-7-8-22(17)2/h3-8,16H,9-13H2,1-2H3,(H,26,27)/t16-,20-/m1/s1. The Kier molecular flexibility index (Phi) is 4.26. The van der Waals surface area contributed by atoms with E-state index in [0.717, 1.165) is 6.54 Å². The number of hydrogen-bond donors (Lipinski definition) is 1. The number of rotatable bonds is 4. The van der Waals surface area contributed by atoms with E-state index in [4.69, 9.17) is 0 Å². The van der Waals surface area contributed by atoms with Crippen LogP contribution in [-0.4, -0.2) is 62.5 Å². The summed E-state index contributed by atoms with van der Waals surface area (Å²) in [6.07, 6.45) is 3.31. The zero-order chi connectivity index (χ0) is 19.2. The van der Waals surface area contributed by atoms with E-state index in [1.807, 2.05) is 12.1 Å². The molecule has 1 amide bonds. The van der Waals surface area contributed by atoms with Gasteiger partial charge in [0.05, 0.1) is 0 Å². The number of carboxylic acid groups (broad SMARTS) is 1. The van der Waals surface area contributed by atoms with E-state index in [-0.39, 0.29) is 18.4 Å². The fourth-order valence-electron chi connectivity index (χ4n) is 4.49. The highest BCUT2D eigenvalue weighted by molar-refractivity contribution is 5.92. The summed E-state index contributed by atoms with van der Waals surface area (Å²) in [4.78, 5) is 33.0. The normalized spacial score (nSPS) is 25.0. The number of carbonyl (C=O) groups is 2. The Balaban J connectivity index is 1.52. The number of benzene rings is 1. The Morgan fingerprint density at radius 1 is 1.26 bits per heavy atom. The van der Waals surface area contributed by atoms with E-state index in [1.165, 1.54) is 11.1 Å². The van der Waals surface area contributed by atoms with Gasteiger partial charge in [-0.3, -0.25) is 14.5 Å². The van der Waals surface area contributed by atoms with Gasteiger partial charge in [-0.2, -0.15) is 0 Å². The van der Waals surface area contributed by atoms with Crippen molar-refractivity contribution in [3.05, 3.63) is 53.6 Å². The number of carboxylic acids is 1. The summed E-state index contributed by atoms with van der Waals surface area (Å²) in [5.41, 5.74) is 1.54. The smallest absolute Gasteiger partial charge is 0.313 e. The van der Waals surface area contributed by atoms with Crippen LogP contribution in [0.5, 0.6) is 0 Å². The first-order chi connectivity index (χ1) is 12.9. The maximum atomic E-state index is 12.8. The van der Waals surface area contributed by atoms with Crippen molar-refractivity contribution in [3.8, 4) is 0 Å². The quantitative estimate of drug-likeness (QED) is 0.882. The maximum absolute atomic E-state index is 12.8. The summed E-state index contributed by atoms with van der Waals surface area (Å²) in [7, 11) is 1.77. The third-order valence-electron chi connectivity index (χ3n) is 6.06. The van der Waals surface area contributed by atoms with Gasteiger partial charge in [0.15, 0.2) is 5.82 Å². The monoisotopic (exact) mass is 368 g/mol. The van der Waals surface area contributed by atoms with Gasteiger partial charge >= 0.3 is 5.97 Å². The van der Waals surface area contributed by atoms with Gasteiger partial charge in [-0.05, 0) is 18.1 Å². The predicted molar refractivity (Wildman–Crippen MR) is 99.1 cm³/mol. The lowest BCUT2D eigenvalue weighted by molar-refractivity contribution is -0.148. The minimum absolute atomic E-state index is 0.0664. The zero-order valence-electron chi connectivity index (χ0n) is 15.6. The lowest BCUT2D eigenvalue weighted by Gasteiger charge is -2.25. The van der Waals surface area contributed by atoms with Gasteiger partial charge in [0.25, 0.3) is 5.91 Å². The molecular formula is C20H24N4O3. The van der Waals surface area contributed by atoms with Crippen LogP contribution in [0.15, 0.2) is 36.7 Å². The molecule has 0 radical (unpaired) electrons. The Morgan fingerprint density at radius 3 is 2.67 bits per heavy atom. The van der Waals surface area contributed by atoms with Gasteiger partial charge in [-0.15, -0.1) is 0 Å². The number of aryl methyl sites for hydroxylation is 2. The molecule has 1 N–H and O–H groups in total. The Hall–Kier alpha value is -2.67. The molecular weight excluding hydrogens is 344 g/mol. The number of amides is 1. The van der Waals surface area contributed by atoms with E-state index in [1.54, 1.807) is 28.9 Å². The van der Waals surface area contributed by atoms with Crippen LogP contribution in [0, 0.1) is 18.3 Å². The van der Waals surface area contributed by atoms with Crippen LogP contribution in [0.25, 0.3) is 0 Å². The summed E-state index contributed by atoms with van der Waals surface area (Å²) in [6, 6.07) is 8.19. The topological polar surface area (TPSA) is 78.7 Å². The fraction of sp³-hybridized carbons (Fsp3) is 0.450. The summed E-state index contributed by atoms with van der Waals surface area (Å²) < 4.78 is 1.67. The molecule has 1 aromatic carbocycles. The molecule has 7 nitrogen and oxygen atoms in total. The van der Waals surface area contributed by atoms with Crippen LogP contribution in [0.2, 0.25) is 0 Å². The maximum Gasteiger partial charge on any atom is 0.313 e. The number of fused-ring (bicyclic) bond motifs is 1. The molecule has 7 heteroatoms. The van der Waals surface area contributed by atoms with E-state index in [9.17, 15) is 14.7 Å².